The molecule has 4 rings (SSSR count). The quantitative estimate of drug-likeness (QED) is 0.749. The van der Waals surface area contributed by atoms with E-state index in [1.165, 1.54) is 0 Å². The number of anilines is 2. The van der Waals surface area contributed by atoms with Gasteiger partial charge >= 0.3 is 0 Å². The number of nitrogens with one attached hydrogen (secondary N) is 1. The van der Waals surface area contributed by atoms with E-state index in [1.54, 1.807) is 0 Å². The maximum absolute atomic E-state index is 9.12. The Morgan fingerprint density at radius 1 is 1.04 bits per heavy atom. The molecular weight excluding hydrogens is 346 g/mol. The molecule has 150 valence electrons. The van der Waals surface area contributed by atoms with Crippen molar-refractivity contribution in [1.29, 1.82) is 0 Å². The molecular formula is C19H31N5O3. The summed E-state index contributed by atoms with van der Waals surface area (Å²) in [7, 11) is 0. The second-order valence-electron chi connectivity index (χ2n) is 7.55. The molecule has 1 aromatic heterocycles. The summed E-state index contributed by atoms with van der Waals surface area (Å²) < 4.78 is 11.0. The van der Waals surface area contributed by atoms with Gasteiger partial charge in [-0.2, -0.15) is 4.98 Å². The van der Waals surface area contributed by atoms with Gasteiger partial charge in [0.15, 0.2) is 0 Å². The van der Waals surface area contributed by atoms with Gasteiger partial charge in [0.1, 0.15) is 5.82 Å². The number of aromatic nitrogens is 2. The van der Waals surface area contributed by atoms with E-state index in [0.717, 1.165) is 83.4 Å². The highest BCUT2D eigenvalue weighted by Crippen LogP contribution is 2.29. The van der Waals surface area contributed by atoms with Crippen LogP contribution in [0.15, 0.2) is 6.07 Å². The third-order valence-electron chi connectivity index (χ3n) is 5.83. The molecule has 1 atom stereocenters. The highest BCUT2D eigenvalue weighted by atomic mass is 16.5. The number of hydrogen-bond donors (Lipinski definition) is 2. The highest BCUT2D eigenvalue weighted by Gasteiger charge is 2.28. The summed E-state index contributed by atoms with van der Waals surface area (Å²) in [6.45, 7) is 7.92. The van der Waals surface area contributed by atoms with E-state index >= 15 is 0 Å². The van der Waals surface area contributed by atoms with Crippen LogP contribution in [-0.2, 0) is 9.47 Å². The molecule has 0 saturated carbocycles. The molecule has 27 heavy (non-hydrogen) atoms. The maximum atomic E-state index is 9.12. The van der Waals surface area contributed by atoms with Gasteiger partial charge < -0.3 is 24.8 Å². The van der Waals surface area contributed by atoms with E-state index in [9.17, 15) is 0 Å². The monoisotopic (exact) mass is 377 g/mol. The fourth-order valence-electron chi connectivity index (χ4n) is 4.24. The number of morpholine rings is 1. The molecule has 0 aliphatic carbocycles. The van der Waals surface area contributed by atoms with Crippen molar-refractivity contribution in [3.8, 4) is 0 Å². The van der Waals surface area contributed by atoms with Gasteiger partial charge in [-0.3, -0.25) is 4.90 Å². The van der Waals surface area contributed by atoms with Crippen molar-refractivity contribution in [2.75, 3.05) is 76.0 Å². The van der Waals surface area contributed by atoms with Crippen LogP contribution in [-0.4, -0.2) is 91.8 Å². The number of aliphatic hydroxyl groups excluding tert-OH is 1. The zero-order valence-electron chi connectivity index (χ0n) is 16.0. The Hall–Kier alpha value is -1.48. The van der Waals surface area contributed by atoms with Crippen molar-refractivity contribution in [2.24, 2.45) is 0 Å². The maximum Gasteiger partial charge on any atom is 0.224 e. The number of aliphatic hydroxyl groups is 1. The topological polar surface area (TPSA) is 83.0 Å². The average Bonchev–Trinajstić information content (AvgIpc) is 3.28. The zero-order chi connectivity index (χ0) is 18.5. The van der Waals surface area contributed by atoms with Crippen molar-refractivity contribution < 1.29 is 14.6 Å². The first kappa shape index (κ1) is 18.9. The van der Waals surface area contributed by atoms with Gasteiger partial charge in [0.2, 0.25) is 5.95 Å². The van der Waals surface area contributed by atoms with Crippen LogP contribution in [0.1, 0.15) is 30.9 Å². The van der Waals surface area contributed by atoms with Gasteiger partial charge in [-0.05, 0) is 19.3 Å². The average molecular weight is 377 g/mol. The van der Waals surface area contributed by atoms with Crippen LogP contribution in [0, 0.1) is 0 Å². The summed E-state index contributed by atoms with van der Waals surface area (Å²) in [5, 5.41) is 12.3. The van der Waals surface area contributed by atoms with Crippen LogP contribution in [0.4, 0.5) is 11.8 Å². The normalized spacial score (nSPS) is 25.1. The van der Waals surface area contributed by atoms with E-state index in [1.807, 2.05) is 0 Å². The molecule has 3 fully saturated rings. The van der Waals surface area contributed by atoms with Crippen LogP contribution in [0.25, 0.3) is 0 Å². The van der Waals surface area contributed by atoms with E-state index in [2.05, 4.69) is 26.2 Å². The molecule has 0 bridgehead atoms. The molecule has 3 aliphatic heterocycles. The lowest BCUT2D eigenvalue weighted by Crippen LogP contribution is -2.49. The minimum absolute atomic E-state index is 0.0698. The summed E-state index contributed by atoms with van der Waals surface area (Å²) in [4.78, 5) is 14.4. The summed E-state index contributed by atoms with van der Waals surface area (Å²) in [5.41, 5.74) is 1.05. The summed E-state index contributed by atoms with van der Waals surface area (Å²) in [6.07, 6.45) is 3.32. The lowest BCUT2D eigenvalue weighted by atomic mass is 10.0. The summed E-state index contributed by atoms with van der Waals surface area (Å²) in [6, 6.07) is 2.79. The number of nitrogens with zero attached hydrogens (tertiary/aromatic N) is 4. The predicted octanol–water partition coefficient (Wildman–Crippen LogP) is 0.686. The summed E-state index contributed by atoms with van der Waals surface area (Å²) in [5.74, 6) is 1.94. The van der Waals surface area contributed by atoms with Crippen molar-refractivity contribution in [3.63, 3.8) is 0 Å². The molecule has 0 spiro atoms. The zero-order valence-corrected chi connectivity index (χ0v) is 16.0. The molecule has 8 nitrogen and oxygen atoms in total. The molecule has 1 unspecified atom stereocenters. The first-order valence-corrected chi connectivity index (χ1v) is 10.2. The van der Waals surface area contributed by atoms with Crippen LogP contribution in [0.2, 0.25) is 0 Å². The largest absolute Gasteiger partial charge is 0.395 e. The molecule has 0 aromatic carbocycles. The number of ether oxygens (including phenoxy) is 2. The van der Waals surface area contributed by atoms with Gasteiger partial charge in [0.05, 0.1) is 32.1 Å². The van der Waals surface area contributed by atoms with Gasteiger partial charge in [-0.25, -0.2) is 4.98 Å². The van der Waals surface area contributed by atoms with Crippen LogP contribution >= 0.6 is 0 Å². The second-order valence-corrected chi connectivity index (χ2v) is 7.55. The lowest BCUT2D eigenvalue weighted by molar-refractivity contribution is 0.0115. The SMILES string of the molecule is OCCNc1nc(C2CCOC2)cc(N2CCC(N3CCOCC3)CC2)n1. The molecule has 8 heteroatoms. The van der Waals surface area contributed by atoms with Gasteiger partial charge in [-0.1, -0.05) is 0 Å². The predicted molar refractivity (Wildman–Crippen MR) is 103 cm³/mol. The van der Waals surface area contributed by atoms with Gasteiger partial charge in [-0.15, -0.1) is 0 Å². The fourth-order valence-corrected chi connectivity index (χ4v) is 4.24. The van der Waals surface area contributed by atoms with Crippen molar-refractivity contribution in [2.45, 2.75) is 31.2 Å². The van der Waals surface area contributed by atoms with Crippen molar-refractivity contribution in [1.82, 2.24) is 14.9 Å². The van der Waals surface area contributed by atoms with Crippen LogP contribution in [0.5, 0.6) is 0 Å². The Morgan fingerprint density at radius 2 is 1.85 bits per heavy atom. The Morgan fingerprint density at radius 3 is 2.56 bits per heavy atom. The van der Waals surface area contributed by atoms with E-state index in [-0.39, 0.29) is 6.61 Å². The molecule has 3 saturated heterocycles. The first-order chi connectivity index (χ1) is 13.3. The van der Waals surface area contributed by atoms with E-state index < -0.39 is 0 Å². The smallest absolute Gasteiger partial charge is 0.224 e. The summed E-state index contributed by atoms with van der Waals surface area (Å²) >= 11 is 0. The van der Waals surface area contributed by atoms with E-state index in [4.69, 9.17) is 19.6 Å². The van der Waals surface area contributed by atoms with Crippen molar-refractivity contribution >= 4 is 11.8 Å². The standard InChI is InChI=1S/C19H31N5O3/c25-9-4-20-19-21-17(15-3-10-27-14-15)13-18(22-19)24-5-1-16(2-6-24)23-7-11-26-12-8-23/h13,15-16,25H,1-12,14H2,(H,20,21,22). The lowest BCUT2D eigenvalue weighted by Gasteiger charge is -2.40. The fraction of sp³-hybridized carbons (Fsp3) is 0.789. The Labute approximate surface area is 160 Å². The molecule has 0 amide bonds. The minimum atomic E-state index is 0.0698. The molecule has 3 aliphatic rings. The number of piperidine rings is 1. The minimum Gasteiger partial charge on any atom is -0.395 e. The Balaban J connectivity index is 1.44. The third-order valence-corrected chi connectivity index (χ3v) is 5.83. The molecule has 0 radical (unpaired) electrons. The van der Waals surface area contributed by atoms with Crippen LogP contribution in [0.3, 0.4) is 0 Å². The second kappa shape index (κ2) is 9.14. The van der Waals surface area contributed by atoms with Crippen LogP contribution < -0.4 is 10.2 Å². The Bertz CT molecular complexity index is 597. The van der Waals surface area contributed by atoms with Gasteiger partial charge in [0, 0.05) is 57.4 Å². The highest BCUT2D eigenvalue weighted by molar-refractivity contribution is 5.46. The molecule has 1 aromatic rings. The van der Waals surface area contributed by atoms with Gasteiger partial charge in [0.25, 0.3) is 0 Å². The molecule has 2 N–H and O–H groups in total. The van der Waals surface area contributed by atoms with E-state index in [0.29, 0.717) is 24.5 Å². The third kappa shape index (κ3) is 4.68. The number of hydrogen-bond acceptors (Lipinski definition) is 8. The number of rotatable bonds is 6. The van der Waals surface area contributed by atoms with Crippen molar-refractivity contribution in [3.05, 3.63) is 11.8 Å². The first-order valence-electron chi connectivity index (χ1n) is 10.2. The molecule has 4 heterocycles. The Kier molecular flexibility index (Phi) is 6.39.